The molecule has 1 fully saturated rings. The highest BCUT2D eigenvalue weighted by atomic mass is 19.4. The average molecular weight is 730 g/mol. The molecule has 0 N–H and O–H groups in total. The van der Waals surface area contributed by atoms with E-state index in [1.165, 1.54) is 7.11 Å². The lowest BCUT2D eigenvalue weighted by Crippen LogP contribution is -2.46. The number of carbonyl (C=O) groups excluding carboxylic acids is 1. The predicted octanol–water partition coefficient (Wildman–Crippen LogP) is 8.79. The number of piperidine rings is 1. The SMILES string of the molecule is CCOC(=O)C1CCN(c2cnc(N(Cc3cc(C(F)(F)F)cc(C(F)(F)F)c3)C(C)(c3ccccn3)c3cc(C(C)C)ccc3OC)nc2)CC1. The minimum atomic E-state index is -5.04. The van der Waals surface area contributed by atoms with Crippen molar-refractivity contribution in [3.63, 3.8) is 0 Å². The Kier molecular flexibility index (Phi) is 11.3. The number of hydrogen-bond donors (Lipinski definition) is 0. The quantitative estimate of drug-likeness (QED) is 0.112. The molecule has 0 spiro atoms. The number of carbonyl (C=O) groups is 1. The zero-order chi connectivity index (χ0) is 37.8. The molecule has 0 amide bonds. The molecular weight excluding hydrogens is 688 g/mol. The minimum Gasteiger partial charge on any atom is -0.496 e. The van der Waals surface area contributed by atoms with Gasteiger partial charge in [0.05, 0.1) is 54.5 Å². The Bertz CT molecular complexity index is 1800. The van der Waals surface area contributed by atoms with Crippen molar-refractivity contribution in [2.45, 2.75) is 70.9 Å². The van der Waals surface area contributed by atoms with Gasteiger partial charge in [0.25, 0.3) is 0 Å². The third-order valence-corrected chi connectivity index (χ3v) is 9.45. The van der Waals surface area contributed by atoms with Crippen LogP contribution in [0.1, 0.15) is 80.0 Å². The van der Waals surface area contributed by atoms with Crippen molar-refractivity contribution in [2.24, 2.45) is 5.92 Å². The van der Waals surface area contributed by atoms with Gasteiger partial charge < -0.3 is 19.3 Å². The van der Waals surface area contributed by atoms with Crippen molar-refractivity contribution in [2.75, 3.05) is 36.6 Å². The molecule has 0 aliphatic carbocycles. The van der Waals surface area contributed by atoms with Gasteiger partial charge in [-0.1, -0.05) is 26.0 Å². The molecule has 3 heterocycles. The molecule has 8 nitrogen and oxygen atoms in total. The molecule has 4 aromatic rings. The number of aromatic nitrogens is 3. The molecular formula is C38H41F6N5O3. The molecule has 2 aromatic heterocycles. The summed E-state index contributed by atoms with van der Waals surface area (Å²) in [5, 5.41) is 0. The number of anilines is 2. The van der Waals surface area contributed by atoms with Gasteiger partial charge in [-0.3, -0.25) is 9.78 Å². The summed E-state index contributed by atoms with van der Waals surface area (Å²) in [6.07, 6.45) is -4.28. The molecule has 2 aromatic carbocycles. The second-order valence-electron chi connectivity index (χ2n) is 13.2. The summed E-state index contributed by atoms with van der Waals surface area (Å²) in [6, 6.07) is 12.3. The fourth-order valence-corrected chi connectivity index (χ4v) is 6.51. The van der Waals surface area contributed by atoms with Crippen molar-refractivity contribution in [1.29, 1.82) is 0 Å². The fourth-order valence-electron chi connectivity index (χ4n) is 6.51. The van der Waals surface area contributed by atoms with Crippen LogP contribution in [0.3, 0.4) is 0 Å². The first-order valence-electron chi connectivity index (χ1n) is 17.0. The number of rotatable bonds is 11. The van der Waals surface area contributed by atoms with Crippen LogP contribution in [-0.2, 0) is 34.0 Å². The highest BCUT2D eigenvalue weighted by Crippen LogP contribution is 2.44. The molecule has 0 saturated carbocycles. The third-order valence-electron chi connectivity index (χ3n) is 9.45. The van der Waals surface area contributed by atoms with E-state index < -0.39 is 35.6 Å². The topological polar surface area (TPSA) is 80.7 Å². The van der Waals surface area contributed by atoms with Crippen LogP contribution in [0.4, 0.5) is 38.0 Å². The van der Waals surface area contributed by atoms with E-state index in [9.17, 15) is 31.1 Å². The normalized spacial score (nSPS) is 15.3. The summed E-state index contributed by atoms with van der Waals surface area (Å²) in [4.78, 5) is 29.9. The molecule has 278 valence electrons. The van der Waals surface area contributed by atoms with Crippen LogP contribution in [0, 0.1) is 5.92 Å². The van der Waals surface area contributed by atoms with Crippen LogP contribution >= 0.6 is 0 Å². The average Bonchev–Trinajstić information content (AvgIpc) is 3.13. The Hall–Kier alpha value is -4.88. The van der Waals surface area contributed by atoms with Gasteiger partial charge in [0, 0.05) is 31.4 Å². The van der Waals surface area contributed by atoms with Gasteiger partial charge in [0.2, 0.25) is 5.95 Å². The lowest BCUT2D eigenvalue weighted by atomic mass is 9.83. The number of nitrogens with zero attached hydrogens (tertiary/aromatic N) is 5. The molecule has 1 atom stereocenters. The first-order valence-corrected chi connectivity index (χ1v) is 17.0. The number of halogens is 6. The Morgan fingerprint density at radius 2 is 1.56 bits per heavy atom. The maximum absolute atomic E-state index is 14.0. The monoisotopic (exact) mass is 729 g/mol. The first kappa shape index (κ1) is 38.4. The fraction of sp³-hybridized carbons (Fsp3) is 0.421. The zero-order valence-electron chi connectivity index (χ0n) is 29.6. The zero-order valence-corrected chi connectivity index (χ0v) is 29.6. The van der Waals surface area contributed by atoms with E-state index in [-0.39, 0.29) is 35.4 Å². The summed E-state index contributed by atoms with van der Waals surface area (Å²) in [6.45, 7) is 8.42. The summed E-state index contributed by atoms with van der Waals surface area (Å²) in [5.41, 5.74) is -2.00. The van der Waals surface area contributed by atoms with E-state index in [0.29, 0.717) is 67.4 Å². The highest BCUT2D eigenvalue weighted by Gasteiger charge is 2.43. The maximum atomic E-state index is 14.0. The number of ether oxygens (including phenoxy) is 2. The van der Waals surface area contributed by atoms with Crippen LogP contribution in [0.15, 0.2) is 73.2 Å². The molecule has 14 heteroatoms. The van der Waals surface area contributed by atoms with Gasteiger partial charge >= 0.3 is 18.3 Å². The first-order chi connectivity index (χ1) is 24.6. The van der Waals surface area contributed by atoms with Crippen LogP contribution in [0.2, 0.25) is 0 Å². The Morgan fingerprint density at radius 1 is 0.923 bits per heavy atom. The largest absolute Gasteiger partial charge is 0.496 e. The molecule has 52 heavy (non-hydrogen) atoms. The smallest absolute Gasteiger partial charge is 0.416 e. The van der Waals surface area contributed by atoms with Crippen molar-refractivity contribution >= 4 is 17.6 Å². The predicted molar refractivity (Wildman–Crippen MR) is 184 cm³/mol. The van der Waals surface area contributed by atoms with Gasteiger partial charge in [-0.25, -0.2) is 9.97 Å². The van der Waals surface area contributed by atoms with E-state index in [4.69, 9.17) is 9.47 Å². The Balaban J connectivity index is 1.68. The molecule has 1 aliphatic rings. The van der Waals surface area contributed by atoms with Crippen LogP contribution < -0.4 is 14.5 Å². The van der Waals surface area contributed by atoms with Crippen LogP contribution in [-0.4, -0.2) is 47.7 Å². The maximum Gasteiger partial charge on any atom is 0.416 e. The molecule has 5 rings (SSSR count). The van der Waals surface area contributed by atoms with E-state index in [2.05, 4.69) is 15.0 Å². The van der Waals surface area contributed by atoms with Crippen molar-refractivity contribution in [1.82, 2.24) is 15.0 Å². The minimum absolute atomic E-state index is 0.0290. The lowest BCUT2D eigenvalue weighted by molar-refractivity contribution is -0.148. The standard InChI is InChI=1S/C38H41F6N5O3/c1-6-52-34(50)26-12-15-48(16-13-26)30-21-46-35(47-22-30)49(23-25-17-28(37(39,40)41)20-29(18-25)38(42,43)44)36(4,33-9-7-8-14-45-33)31-19-27(24(2)3)10-11-32(31)51-5/h7-11,14,17-22,24,26H,6,12-13,15-16,23H2,1-5H3. The lowest BCUT2D eigenvalue weighted by Gasteiger charge is -2.42. The van der Waals surface area contributed by atoms with E-state index in [0.717, 1.165) is 5.56 Å². The van der Waals surface area contributed by atoms with Crippen LogP contribution in [0.25, 0.3) is 0 Å². The highest BCUT2D eigenvalue weighted by molar-refractivity contribution is 5.73. The molecule has 0 radical (unpaired) electrons. The molecule has 0 bridgehead atoms. The second kappa shape index (κ2) is 15.4. The number of esters is 1. The summed E-state index contributed by atoms with van der Waals surface area (Å²) in [7, 11) is 1.48. The summed E-state index contributed by atoms with van der Waals surface area (Å²) in [5.74, 6) is 0.0485. The van der Waals surface area contributed by atoms with Gasteiger partial charge in [-0.05, 0) is 86.2 Å². The Morgan fingerprint density at radius 3 is 2.08 bits per heavy atom. The third kappa shape index (κ3) is 8.26. The van der Waals surface area contributed by atoms with E-state index in [1.54, 1.807) is 61.6 Å². The number of alkyl halides is 6. The van der Waals surface area contributed by atoms with Gasteiger partial charge in [0.1, 0.15) is 11.3 Å². The number of methoxy groups -OCH3 is 1. The molecule has 1 saturated heterocycles. The molecule has 1 unspecified atom stereocenters. The Labute approximate surface area is 298 Å². The summed E-state index contributed by atoms with van der Waals surface area (Å²) < 4.78 is 95.3. The van der Waals surface area contributed by atoms with Crippen molar-refractivity contribution in [3.8, 4) is 5.75 Å². The number of pyridine rings is 1. The second-order valence-corrected chi connectivity index (χ2v) is 13.2. The van der Waals surface area contributed by atoms with Crippen LogP contribution in [0.5, 0.6) is 5.75 Å². The van der Waals surface area contributed by atoms with Gasteiger partial charge in [0.15, 0.2) is 0 Å². The summed E-state index contributed by atoms with van der Waals surface area (Å²) >= 11 is 0. The van der Waals surface area contributed by atoms with Crippen molar-refractivity contribution in [3.05, 3.63) is 107 Å². The van der Waals surface area contributed by atoms with Gasteiger partial charge in [-0.2, -0.15) is 26.3 Å². The van der Waals surface area contributed by atoms with E-state index >= 15 is 0 Å². The number of hydrogen-bond acceptors (Lipinski definition) is 8. The van der Waals surface area contributed by atoms with Gasteiger partial charge in [-0.15, -0.1) is 0 Å². The van der Waals surface area contributed by atoms with E-state index in [1.807, 2.05) is 30.9 Å². The number of benzene rings is 2. The van der Waals surface area contributed by atoms with Crippen molar-refractivity contribution < 1.29 is 40.6 Å². The molecule has 1 aliphatic heterocycles.